The van der Waals surface area contributed by atoms with Gasteiger partial charge in [-0.15, -0.1) is 11.7 Å². The van der Waals surface area contributed by atoms with Crippen LogP contribution in [0, 0.1) is 0 Å². The van der Waals surface area contributed by atoms with E-state index in [-0.39, 0.29) is 5.56 Å². The molecule has 1 aromatic heterocycles. The van der Waals surface area contributed by atoms with Crippen LogP contribution in [0.1, 0.15) is 5.69 Å². The van der Waals surface area contributed by atoms with Crippen molar-refractivity contribution in [3.05, 3.63) is 53.1 Å². The average molecular weight is 356 g/mol. The van der Waals surface area contributed by atoms with Gasteiger partial charge >= 0.3 is 0 Å². The van der Waals surface area contributed by atoms with E-state index in [1.54, 1.807) is 12.3 Å². The van der Waals surface area contributed by atoms with E-state index in [0.29, 0.717) is 17.9 Å². The van der Waals surface area contributed by atoms with Gasteiger partial charge in [0.15, 0.2) is 11.0 Å². The summed E-state index contributed by atoms with van der Waals surface area (Å²) < 4.78 is 3.21. The molecule has 0 saturated carbocycles. The quantitative estimate of drug-likeness (QED) is 0.382. The zero-order chi connectivity index (χ0) is 18.0. The van der Waals surface area contributed by atoms with E-state index in [0.717, 1.165) is 23.2 Å². The zero-order valence-corrected chi connectivity index (χ0v) is 15.3. The second-order valence-corrected chi connectivity index (χ2v) is 6.61. The number of fused-ring (bicyclic) bond motifs is 1. The van der Waals surface area contributed by atoms with Crippen molar-refractivity contribution in [1.82, 2.24) is 29.2 Å². The smallest absolute Gasteiger partial charge is 0.279 e. The van der Waals surface area contributed by atoms with Gasteiger partial charge in [-0.3, -0.25) is 9.36 Å². The summed E-state index contributed by atoms with van der Waals surface area (Å²) in [7, 11) is 4.00. The number of hydrogen-bond acceptors (Lipinski definition) is 6. The number of hydrogen-bond donors (Lipinski definition) is 0. The molecule has 2 aliphatic heterocycles. The largest absolute Gasteiger partial charge is 0.304 e. The first kappa shape index (κ1) is 17.4. The van der Waals surface area contributed by atoms with Crippen molar-refractivity contribution in [2.24, 2.45) is 0 Å². The van der Waals surface area contributed by atoms with Gasteiger partial charge in [0, 0.05) is 12.7 Å². The van der Waals surface area contributed by atoms with Crippen LogP contribution in [0.2, 0.25) is 0 Å². The van der Waals surface area contributed by atoms with Crippen LogP contribution in [0.5, 0.6) is 0 Å². The van der Waals surface area contributed by atoms with Crippen LogP contribution in [-0.4, -0.2) is 49.6 Å². The third-order valence-corrected chi connectivity index (χ3v) is 4.24. The molecule has 0 unspecified atom stereocenters. The standard InChI is InChI=1S/C17H20N6OS/c1-5-9-23-16(24)13-11-22(17(25-4)19-15(13)20-23)14-8-6-7-12(18-14)10-21(2)3/h5-8,11H,1,9-10H2,2-4H3. The van der Waals surface area contributed by atoms with Gasteiger partial charge in [-0.25, -0.2) is 14.6 Å². The van der Waals surface area contributed by atoms with Crippen molar-refractivity contribution in [3.8, 4) is 17.2 Å². The topological polar surface area (TPSA) is 68.8 Å². The molecule has 8 heteroatoms. The van der Waals surface area contributed by atoms with Crippen LogP contribution in [0.3, 0.4) is 0 Å². The molecule has 2 aliphatic rings. The maximum Gasteiger partial charge on any atom is 0.279 e. The van der Waals surface area contributed by atoms with Crippen LogP contribution in [0.15, 0.2) is 47.0 Å². The summed E-state index contributed by atoms with van der Waals surface area (Å²) >= 11 is 1.48. The van der Waals surface area contributed by atoms with Crippen molar-refractivity contribution in [1.29, 1.82) is 0 Å². The summed E-state index contributed by atoms with van der Waals surface area (Å²) in [6.07, 6.45) is 5.35. The van der Waals surface area contributed by atoms with Crippen molar-refractivity contribution in [2.75, 3.05) is 20.4 Å². The van der Waals surface area contributed by atoms with E-state index in [1.807, 2.05) is 43.1 Å². The normalized spacial score (nSPS) is 11.4. The van der Waals surface area contributed by atoms with Crippen LogP contribution in [0.25, 0.3) is 17.2 Å². The van der Waals surface area contributed by atoms with Crippen LogP contribution >= 0.6 is 11.8 Å². The molecular weight excluding hydrogens is 336 g/mol. The minimum absolute atomic E-state index is 0.173. The molecule has 0 amide bonds. The van der Waals surface area contributed by atoms with Gasteiger partial charge in [-0.05, 0) is 32.5 Å². The molecule has 0 radical (unpaired) electrons. The van der Waals surface area contributed by atoms with E-state index in [9.17, 15) is 4.79 Å². The Labute approximate surface area is 150 Å². The Morgan fingerprint density at radius 3 is 2.80 bits per heavy atom. The number of aromatic nitrogens is 5. The van der Waals surface area contributed by atoms with E-state index in [2.05, 4.69) is 21.6 Å². The Morgan fingerprint density at radius 2 is 2.12 bits per heavy atom. The Bertz CT molecular complexity index is 929. The number of thioether (sulfide) groups is 1. The summed E-state index contributed by atoms with van der Waals surface area (Å²) in [6, 6.07) is 5.85. The first-order chi connectivity index (χ1) is 12.0. The first-order valence-electron chi connectivity index (χ1n) is 7.79. The molecule has 7 nitrogen and oxygen atoms in total. The molecular formula is C17H20N6OS. The first-order valence-corrected chi connectivity index (χ1v) is 9.02. The minimum Gasteiger partial charge on any atom is -0.304 e. The summed E-state index contributed by atoms with van der Waals surface area (Å²) in [6.45, 7) is 4.76. The molecule has 0 aliphatic carbocycles. The molecule has 0 fully saturated rings. The Balaban J connectivity index is 2.15. The Kier molecular flexibility index (Phi) is 5.00. The summed E-state index contributed by atoms with van der Waals surface area (Å²) in [5.74, 6) is 1.17. The highest BCUT2D eigenvalue weighted by Gasteiger charge is 2.19. The van der Waals surface area contributed by atoms with Gasteiger partial charge in [-0.2, -0.15) is 0 Å². The number of allylic oxidation sites excluding steroid dienone is 1. The number of pyridine rings is 1. The van der Waals surface area contributed by atoms with Crippen molar-refractivity contribution >= 4 is 11.8 Å². The lowest BCUT2D eigenvalue weighted by Crippen LogP contribution is -2.16. The highest BCUT2D eigenvalue weighted by Crippen LogP contribution is 2.23. The fourth-order valence-electron chi connectivity index (χ4n) is 2.54. The van der Waals surface area contributed by atoms with Gasteiger partial charge in [-0.1, -0.05) is 23.9 Å². The molecule has 25 heavy (non-hydrogen) atoms. The molecule has 3 rings (SSSR count). The zero-order valence-electron chi connectivity index (χ0n) is 14.5. The molecule has 130 valence electrons. The summed E-state index contributed by atoms with van der Waals surface area (Å²) in [4.78, 5) is 23.8. The van der Waals surface area contributed by atoms with Crippen LogP contribution in [-0.2, 0) is 13.1 Å². The molecule has 0 atom stereocenters. The Morgan fingerprint density at radius 1 is 1.32 bits per heavy atom. The van der Waals surface area contributed by atoms with Crippen molar-refractivity contribution in [2.45, 2.75) is 18.2 Å². The van der Waals surface area contributed by atoms with Crippen molar-refractivity contribution in [3.63, 3.8) is 0 Å². The lowest BCUT2D eigenvalue weighted by molar-refractivity contribution is 0.396. The monoisotopic (exact) mass is 356 g/mol. The van der Waals surface area contributed by atoms with E-state index in [1.165, 1.54) is 16.4 Å². The number of rotatable bonds is 6. The van der Waals surface area contributed by atoms with Gasteiger partial charge in [0.25, 0.3) is 5.56 Å². The van der Waals surface area contributed by atoms with E-state index in [4.69, 9.17) is 4.98 Å². The predicted molar refractivity (Wildman–Crippen MR) is 99.4 cm³/mol. The lowest BCUT2D eigenvalue weighted by Gasteiger charge is -2.14. The average Bonchev–Trinajstić information content (AvgIpc) is 2.89. The molecule has 3 heterocycles. The van der Waals surface area contributed by atoms with E-state index >= 15 is 0 Å². The highest BCUT2D eigenvalue weighted by atomic mass is 32.2. The minimum atomic E-state index is -0.173. The Hall–Kier alpha value is -2.45. The fourth-order valence-corrected chi connectivity index (χ4v) is 3.06. The molecule has 0 spiro atoms. The molecule has 0 bridgehead atoms. The predicted octanol–water partition coefficient (Wildman–Crippen LogP) is 1.90. The van der Waals surface area contributed by atoms with Crippen LogP contribution in [0.4, 0.5) is 0 Å². The van der Waals surface area contributed by atoms with E-state index < -0.39 is 0 Å². The summed E-state index contributed by atoms with van der Waals surface area (Å²) in [5, 5.41) is 5.00. The van der Waals surface area contributed by atoms with Gasteiger partial charge < -0.3 is 4.90 Å². The second kappa shape index (κ2) is 7.20. The maximum absolute atomic E-state index is 12.5. The van der Waals surface area contributed by atoms with Gasteiger partial charge in [0.05, 0.1) is 12.2 Å². The fraction of sp³-hybridized carbons (Fsp3) is 0.294. The van der Waals surface area contributed by atoms with Gasteiger partial charge in [0.1, 0.15) is 11.4 Å². The van der Waals surface area contributed by atoms with Gasteiger partial charge in [0.2, 0.25) is 0 Å². The maximum atomic E-state index is 12.5. The third-order valence-electron chi connectivity index (χ3n) is 3.59. The van der Waals surface area contributed by atoms with Crippen LogP contribution < -0.4 is 5.56 Å². The number of nitrogens with zero attached hydrogens (tertiary/aromatic N) is 6. The molecule has 0 aromatic carbocycles. The SMILES string of the molecule is C=CCn1nc2nc(SC)n(-c3cccc(CN(C)C)n3)cc-2c1=O. The second-order valence-electron chi connectivity index (χ2n) is 5.84. The van der Waals surface area contributed by atoms with Crippen molar-refractivity contribution < 1.29 is 0 Å². The third kappa shape index (κ3) is 3.49. The molecule has 0 saturated heterocycles. The highest BCUT2D eigenvalue weighted by molar-refractivity contribution is 7.98. The molecule has 1 aromatic rings. The molecule has 0 N–H and O–H groups in total. The summed E-state index contributed by atoms with van der Waals surface area (Å²) in [5.41, 5.74) is 1.25. The lowest BCUT2D eigenvalue weighted by atomic mass is 10.3.